The van der Waals surface area contributed by atoms with E-state index in [0.29, 0.717) is 12.8 Å². The van der Waals surface area contributed by atoms with Crippen molar-refractivity contribution in [3.8, 4) is 11.3 Å². The number of carbonyl (C=O) groups is 1. The monoisotopic (exact) mass is 416 g/mol. The molecule has 1 aliphatic heterocycles. The SMILES string of the molecule is O=C(CCc1ccc(-c2ccccc2)o1)N1CCCCC1c1nc2ccccc2s1. The molecule has 2 aromatic heterocycles. The van der Waals surface area contributed by atoms with Crippen molar-refractivity contribution in [1.82, 2.24) is 9.88 Å². The second-order valence-corrected chi connectivity index (χ2v) is 8.81. The van der Waals surface area contributed by atoms with Gasteiger partial charge in [-0.2, -0.15) is 0 Å². The number of para-hydroxylation sites is 1. The van der Waals surface area contributed by atoms with Gasteiger partial charge in [-0.25, -0.2) is 4.98 Å². The largest absolute Gasteiger partial charge is 0.461 e. The van der Waals surface area contributed by atoms with Crippen LogP contribution in [0.2, 0.25) is 0 Å². The Labute approximate surface area is 180 Å². The molecule has 0 saturated carbocycles. The molecule has 0 aliphatic carbocycles. The van der Waals surface area contributed by atoms with Crippen LogP contribution in [0.4, 0.5) is 0 Å². The number of piperidine rings is 1. The highest BCUT2D eigenvalue weighted by molar-refractivity contribution is 7.18. The molecule has 5 heteroatoms. The van der Waals surface area contributed by atoms with Crippen LogP contribution in [0.15, 0.2) is 71.1 Å². The smallest absolute Gasteiger partial charge is 0.223 e. The van der Waals surface area contributed by atoms with Crippen LogP contribution in [0.25, 0.3) is 21.5 Å². The fourth-order valence-corrected chi connectivity index (χ4v) is 5.28. The van der Waals surface area contributed by atoms with Crippen molar-refractivity contribution < 1.29 is 9.21 Å². The molecule has 2 aromatic carbocycles. The number of benzene rings is 2. The zero-order valence-electron chi connectivity index (χ0n) is 16.8. The van der Waals surface area contributed by atoms with Crippen molar-refractivity contribution in [3.63, 3.8) is 0 Å². The Morgan fingerprint density at radius 1 is 1.03 bits per heavy atom. The first-order valence-corrected chi connectivity index (χ1v) is 11.4. The lowest BCUT2D eigenvalue weighted by atomic mass is 10.0. The molecule has 3 heterocycles. The number of nitrogens with zero attached hydrogens (tertiary/aromatic N) is 2. The van der Waals surface area contributed by atoms with Gasteiger partial charge in [-0.15, -0.1) is 11.3 Å². The van der Waals surface area contributed by atoms with Crippen molar-refractivity contribution in [3.05, 3.63) is 77.5 Å². The zero-order chi connectivity index (χ0) is 20.3. The number of hydrogen-bond donors (Lipinski definition) is 0. The highest BCUT2D eigenvalue weighted by Gasteiger charge is 2.30. The van der Waals surface area contributed by atoms with Crippen LogP contribution in [0.5, 0.6) is 0 Å². The summed E-state index contributed by atoms with van der Waals surface area (Å²) >= 11 is 1.72. The fraction of sp³-hybridized carbons (Fsp3) is 0.280. The van der Waals surface area contributed by atoms with E-state index in [1.165, 1.54) is 4.70 Å². The maximum absolute atomic E-state index is 13.1. The lowest BCUT2D eigenvalue weighted by molar-refractivity contribution is -0.135. The average Bonchev–Trinajstić information content (AvgIpc) is 3.45. The normalized spacial score (nSPS) is 16.8. The number of likely N-dealkylation sites (tertiary alicyclic amines) is 1. The van der Waals surface area contributed by atoms with Crippen LogP contribution in [-0.2, 0) is 11.2 Å². The first-order valence-electron chi connectivity index (χ1n) is 10.6. The lowest BCUT2D eigenvalue weighted by Gasteiger charge is -2.34. The average molecular weight is 417 g/mol. The van der Waals surface area contributed by atoms with Crippen molar-refractivity contribution in [1.29, 1.82) is 0 Å². The van der Waals surface area contributed by atoms with E-state index in [1.807, 2.05) is 65.6 Å². The number of hydrogen-bond acceptors (Lipinski definition) is 4. The van der Waals surface area contributed by atoms with E-state index >= 15 is 0 Å². The van der Waals surface area contributed by atoms with Gasteiger partial charge in [-0.1, -0.05) is 42.5 Å². The number of aryl methyl sites for hydroxylation is 1. The Morgan fingerprint density at radius 2 is 1.87 bits per heavy atom. The molecular weight excluding hydrogens is 392 g/mol. The summed E-state index contributed by atoms with van der Waals surface area (Å²) in [5, 5.41) is 1.06. The lowest BCUT2D eigenvalue weighted by Crippen LogP contribution is -2.38. The third kappa shape index (κ3) is 3.90. The Kier molecular flexibility index (Phi) is 5.37. The van der Waals surface area contributed by atoms with Crippen molar-refractivity contribution >= 4 is 27.5 Å². The van der Waals surface area contributed by atoms with Crippen LogP contribution in [0.3, 0.4) is 0 Å². The topological polar surface area (TPSA) is 46.3 Å². The van der Waals surface area contributed by atoms with E-state index in [2.05, 4.69) is 6.07 Å². The van der Waals surface area contributed by atoms with E-state index in [4.69, 9.17) is 9.40 Å². The maximum Gasteiger partial charge on any atom is 0.223 e. The number of thiazole rings is 1. The number of aromatic nitrogens is 1. The highest BCUT2D eigenvalue weighted by Crippen LogP contribution is 2.36. The molecule has 5 rings (SSSR count). The predicted octanol–water partition coefficient (Wildman–Crippen LogP) is 6.24. The van der Waals surface area contributed by atoms with Crippen molar-refractivity contribution in [2.75, 3.05) is 6.54 Å². The summed E-state index contributed by atoms with van der Waals surface area (Å²) in [6, 6.07) is 22.3. The van der Waals surface area contributed by atoms with E-state index in [1.54, 1.807) is 11.3 Å². The molecule has 1 amide bonds. The summed E-state index contributed by atoms with van der Waals surface area (Å²) in [6.45, 7) is 0.812. The zero-order valence-corrected chi connectivity index (χ0v) is 17.6. The molecule has 1 atom stereocenters. The Morgan fingerprint density at radius 3 is 2.73 bits per heavy atom. The van der Waals surface area contributed by atoms with Gasteiger partial charge in [0.1, 0.15) is 16.5 Å². The Hall–Kier alpha value is -2.92. The number of rotatable bonds is 5. The first-order chi connectivity index (χ1) is 14.8. The standard InChI is InChI=1S/C25H24N2O2S/c28-24(16-14-19-13-15-22(29-19)18-8-2-1-3-9-18)27-17-7-6-11-21(27)25-26-20-10-4-5-12-23(20)30-25/h1-5,8-10,12-13,15,21H,6-7,11,14,16-17H2. The van der Waals surface area contributed by atoms with Gasteiger partial charge < -0.3 is 9.32 Å². The van der Waals surface area contributed by atoms with Gasteiger partial charge in [0.05, 0.1) is 16.3 Å². The summed E-state index contributed by atoms with van der Waals surface area (Å²) in [7, 11) is 0. The number of amides is 1. The minimum Gasteiger partial charge on any atom is -0.461 e. The molecule has 0 radical (unpaired) electrons. The summed E-state index contributed by atoms with van der Waals surface area (Å²) in [5.41, 5.74) is 2.08. The molecule has 0 spiro atoms. The fourth-order valence-electron chi connectivity index (χ4n) is 4.16. The van der Waals surface area contributed by atoms with Gasteiger partial charge in [-0.3, -0.25) is 4.79 Å². The second kappa shape index (κ2) is 8.44. The molecule has 4 nitrogen and oxygen atoms in total. The molecule has 30 heavy (non-hydrogen) atoms. The van der Waals surface area contributed by atoms with Gasteiger partial charge in [0.2, 0.25) is 5.91 Å². The molecule has 1 saturated heterocycles. The summed E-state index contributed by atoms with van der Waals surface area (Å²) in [5.74, 6) is 1.90. The van der Waals surface area contributed by atoms with E-state index in [9.17, 15) is 4.79 Å². The van der Waals surface area contributed by atoms with Gasteiger partial charge in [0.25, 0.3) is 0 Å². The first kappa shape index (κ1) is 19.1. The van der Waals surface area contributed by atoms with Crippen LogP contribution < -0.4 is 0 Å². The summed E-state index contributed by atoms with van der Waals surface area (Å²) in [4.78, 5) is 20.0. The van der Waals surface area contributed by atoms with Crippen molar-refractivity contribution in [2.24, 2.45) is 0 Å². The molecule has 0 N–H and O–H groups in total. The minimum absolute atomic E-state index is 0.0973. The third-order valence-electron chi connectivity index (χ3n) is 5.72. The van der Waals surface area contributed by atoms with Crippen LogP contribution in [0.1, 0.15) is 42.5 Å². The van der Waals surface area contributed by atoms with E-state index in [-0.39, 0.29) is 11.9 Å². The van der Waals surface area contributed by atoms with Crippen molar-refractivity contribution in [2.45, 2.75) is 38.1 Å². The molecule has 152 valence electrons. The molecule has 1 unspecified atom stereocenters. The van der Waals surface area contributed by atoms with Crippen LogP contribution >= 0.6 is 11.3 Å². The van der Waals surface area contributed by atoms with Gasteiger partial charge in [0, 0.05) is 24.9 Å². The molecule has 1 aliphatic rings. The minimum atomic E-state index is 0.0973. The molecular formula is C25H24N2O2S. The molecule has 1 fully saturated rings. The van der Waals surface area contributed by atoms with Crippen LogP contribution in [0, 0.1) is 0 Å². The van der Waals surface area contributed by atoms with Gasteiger partial charge in [0.15, 0.2) is 0 Å². The number of furan rings is 1. The number of fused-ring (bicyclic) bond motifs is 1. The van der Waals surface area contributed by atoms with E-state index in [0.717, 1.165) is 53.4 Å². The number of carbonyl (C=O) groups excluding carboxylic acids is 1. The summed E-state index contributed by atoms with van der Waals surface area (Å²) in [6.07, 6.45) is 4.28. The van der Waals surface area contributed by atoms with E-state index < -0.39 is 0 Å². The Bertz CT molecular complexity index is 1120. The highest BCUT2D eigenvalue weighted by atomic mass is 32.1. The quantitative estimate of drug-likeness (QED) is 0.387. The molecule has 0 bridgehead atoms. The second-order valence-electron chi connectivity index (χ2n) is 7.75. The molecule has 4 aromatic rings. The van der Waals surface area contributed by atoms with Crippen LogP contribution in [-0.4, -0.2) is 22.3 Å². The van der Waals surface area contributed by atoms with Gasteiger partial charge in [-0.05, 0) is 43.5 Å². The Balaban J connectivity index is 1.28. The summed E-state index contributed by atoms with van der Waals surface area (Å²) < 4.78 is 7.17. The maximum atomic E-state index is 13.1. The predicted molar refractivity (Wildman–Crippen MR) is 120 cm³/mol. The van der Waals surface area contributed by atoms with Gasteiger partial charge >= 0.3 is 0 Å². The third-order valence-corrected chi connectivity index (χ3v) is 6.86.